The zero-order valence-corrected chi connectivity index (χ0v) is 12.6. The number of phenolic OH excluding ortho intramolecular Hbond substituents is 1. The Hall–Kier alpha value is -2.24. The zero-order valence-electron chi connectivity index (χ0n) is 12.6. The first-order chi connectivity index (χ1) is 9.75. The number of nitrogens with one attached hydrogen (secondary N) is 1. The largest absolute Gasteiger partial charge is 0.508 e. The fourth-order valence-corrected chi connectivity index (χ4v) is 1.94. The van der Waals surface area contributed by atoms with Gasteiger partial charge in [0, 0.05) is 30.3 Å². The van der Waals surface area contributed by atoms with E-state index in [0.29, 0.717) is 18.7 Å². The monoisotopic (exact) mass is 294 g/mol. The third-order valence-corrected chi connectivity index (χ3v) is 3.11. The van der Waals surface area contributed by atoms with E-state index in [9.17, 15) is 14.7 Å². The Bertz CT molecular complexity index is 514. The van der Waals surface area contributed by atoms with Crippen molar-refractivity contribution in [2.75, 3.05) is 11.4 Å². The second-order valence-corrected chi connectivity index (χ2v) is 5.47. The predicted molar refractivity (Wildman–Crippen MR) is 80.6 cm³/mol. The summed E-state index contributed by atoms with van der Waals surface area (Å²) in [6.45, 7) is 5.83. The SMILES string of the molecule is CCN(C(=O)NC(C)(C)CCC(=O)O)c1cccc(O)c1. The molecule has 0 bridgehead atoms. The molecule has 1 aromatic carbocycles. The predicted octanol–water partition coefficient (Wildman–Crippen LogP) is 2.57. The topological polar surface area (TPSA) is 89.9 Å². The van der Waals surface area contributed by atoms with Crippen LogP contribution >= 0.6 is 0 Å². The first-order valence-corrected chi connectivity index (χ1v) is 6.85. The summed E-state index contributed by atoms with van der Waals surface area (Å²) < 4.78 is 0. The van der Waals surface area contributed by atoms with Crippen molar-refractivity contribution < 1.29 is 19.8 Å². The fraction of sp³-hybridized carbons (Fsp3) is 0.467. The van der Waals surface area contributed by atoms with Crippen LogP contribution in [0.4, 0.5) is 10.5 Å². The first kappa shape index (κ1) is 16.8. The molecular weight excluding hydrogens is 272 g/mol. The van der Waals surface area contributed by atoms with Gasteiger partial charge < -0.3 is 15.5 Å². The summed E-state index contributed by atoms with van der Waals surface area (Å²) in [7, 11) is 0. The number of carboxylic acid groups (broad SMARTS) is 1. The van der Waals surface area contributed by atoms with Gasteiger partial charge in [0.1, 0.15) is 5.75 Å². The highest BCUT2D eigenvalue weighted by Gasteiger charge is 2.24. The highest BCUT2D eigenvalue weighted by molar-refractivity contribution is 5.92. The molecule has 0 fully saturated rings. The van der Waals surface area contributed by atoms with Crippen molar-refractivity contribution in [1.29, 1.82) is 0 Å². The van der Waals surface area contributed by atoms with Crippen LogP contribution in [0.5, 0.6) is 5.75 Å². The van der Waals surface area contributed by atoms with Crippen LogP contribution in [0.1, 0.15) is 33.6 Å². The van der Waals surface area contributed by atoms with Crippen LogP contribution in [-0.2, 0) is 4.79 Å². The number of anilines is 1. The number of carboxylic acids is 1. The van der Waals surface area contributed by atoms with E-state index in [1.807, 2.05) is 6.92 Å². The molecule has 0 aromatic heterocycles. The van der Waals surface area contributed by atoms with Gasteiger partial charge in [0.15, 0.2) is 0 Å². The maximum atomic E-state index is 12.3. The Morgan fingerprint density at radius 2 is 2.00 bits per heavy atom. The number of amides is 2. The Morgan fingerprint density at radius 1 is 1.33 bits per heavy atom. The summed E-state index contributed by atoms with van der Waals surface area (Å²) in [6, 6.07) is 6.11. The summed E-state index contributed by atoms with van der Waals surface area (Å²) in [5.74, 6) is -0.804. The van der Waals surface area contributed by atoms with Crippen LogP contribution in [0.15, 0.2) is 24.3 Å². The van der Waals surface area contributed by atoms with E-state index in [4.69, 9.17) is 5.11 Å². The second kappa shape index (κ2) is 6.97. The van der Waals surface area contributed by atoms with Crippen LogP contribution in [0.3, 0.4) is 0 Å². The third-order valence-electron chi connectivity index (χ3n) is 3.11. The van der Waals surface area contributed by atoms with Crippen molar-refractivity contribution in [1.82, 2.24) is 5.32 Å². The highest BCUT2D eigenvalue weighted by Crippen LogP contribution is 2.21. The minimum absolute atomic E-state index is 0.00840. The lowest BCUT2D eigenvalue weighted by Crippen LogP contribution is -2.50. The van der Waals surface area contributed by atoms with Gasteiger partial charge in [0.25, 0.3) is 0 Å². The molecule has 0 atom stereocenters. The zero-order chi connectivity index (χ0) is 16.0. The molecule has 1 rings (SSSR count). The maximum Gasteiger partial charge on any atom is 0.322 e. The van der Waals surface area contributed by atoms with Gasteiger partial charge in [-0.15, -0.1) is 0 Å². The van der Waals surface area contributed by atoms with Crippen molar-refractivity contribution in [3.63, 3.8) is 0 Å². The lowest BCUT2D eigenvalue weighted by Gasteiger charge is -2.30. The lowest BCUT2D eigenvalue weighted by molar-refractivity contribution is -0.137. The molecule has 0 aliphatic rings. The van der Waals surface area contributed by atoms with E-state index in [2.05, 4.69) is 5.32 Å². The molecule has 6 heteroatoms. The Labute approximate surface area is 124 Å². The average molecular weight is 294 g/mol. The molecule has 1 aromatic rings. The van der Waals surface area contributed by atoms with Gasteiger partial charge in [-0.25, -0.2) is 4.79 Å². The van der Waals surface area contributed by atoms with E-state index in [1.165, 1.54) is 17.0 Å². The Morgan fingerprint density at radius 3 is 2.52 bits per heavy atom. The number of hydrogen-bond donors (Lipinski definition) is 3. The number of carbonyl (C=O) groups is 2. The number of urea groups is 1. The number of aliphatic carboxylic acids is 1. The summed E-state index contributed by atoms with van der Waals surface area (Å²) in [5, 5.41) is 21.0. The molecule has 0 radical (unpaired) electrons. The highest BCUT2D eigenvalue weighted by atomic mass is 16.4. The lowest BCUT2D eigenvalue weighted by atomic mass is 9.99. The van der Waals surface area contributed by atoms with Crippen molar-refractivity contribution in [2.45, 2.75) is 39.2 Å². The number of nitrogens with zero attached hydrogens (tertiary/aromatic N) is 1. The fourth-order valence-electron chi connectivity index (χ4n) is 1.94. The number of phenols is 1. The summed E-state index contributed by atoms with van der Waals surface area (Å²) in [6.07, 6.45) is 0.331. The smallest absolute Gasteiger partial charge is 0.322 e. The normalized spacial score (nSPS) is 11.0. The number of aromatic hydroxyl groups is 1. The van der Waals surface area contributed by atoms with Crippen LogP contribution in [0.2, 0.25) is 0 Å². The van der Waals surface area contributed by atoms with Gasteiger partial charge >= 0.3 is 12.0 Å². The maximum absolute atomic E-state index is 12.3. The van der Waals surface area contributed by atoms with Crippen LogP contribution in [0.25, 0.3) is 0 Å². The van der Waals surface area contributed by atoms with Crippen molar-refractivity contribution in [2.24, 2.45) is 0 Å². The van der Waals surface area contributed by atoms with Crippen LogP contribution < -0.4 is 10.2 Å². The number of benzene rings is 1. The molecule has 0 spiro atoms. The van der Waals surface area contributed by atoms with E-state index >= 15 is 0 Å². The van der Waals surface area contributed by atoms with Gasteiger partial charge in [0.05, 0.1) is 0 Å². The standard InChI is InChI=1S/C15H22N2O4/c1-4-17(11-6-5-7-12(18)10-11)14(21)16-15(2,3)9-8-13(19)20/h5-7,10,18H,4,8-9H2,1-3H3,(H,16,21)(H,19,20). The molecule has 0 heterocycles. The Balaban J connectivity index is 2.77. The Kier molecular flexibility index (Phi) is 5.58. The molecule has 0 saturated heterocycles. The first-order valence-electron chi connectivity index (χ1n) is 6.85. The van der Waals surface area contributed by atoms with Crippen molar-refractivity contribution in [3.05, 3.63) is 24.3 Å². The van der Waals surface area contributed by atoms with Crippen LogP contribution in [-0.4, -0.2) is 34.3 Å². The van der Waals surface area contributed by atoms with Gasteiger partial charge in [-0.05, 0) is 39.3 Å². The number of hydrogen-bond acceptors (Lipinski definition) is 3. The molecule has 2 amide bonds. The molecular formula is C15H22N2O4. The average Bonchev–Trinajstić information content (AvgIpc) is 2.37. The number of carbonyl (C=O) groups excluding carboxylic acids is 1. The molecule has 116 valence electrons. The third kappa shape index (κ3) is 5.33. The molecule has 21 heavy (non-hydrogen) atoms. The molecule has 0 unspecified atom stereocenters. The van der Waals surface area contributed by atoms with Gasteiger partial charge in [0.2, 0.25) is 0 Å². The van der Waals surface area contributed by atoms with E-state index in [1.54, 1.807) is 26.0 Å². The minimum atomic E-state index is -0.891. The molecule has 6 nitrogen and oxygen atoms in total. The molecule has 0 saturated carbocycles. The summed E-state index contributed by atoms with van der Waals surface area (Å²) in [5.41, 5.74) is -0.0382. The number of rotatable bonds is 6. The van der Waals surface area contributed by atoms with E-state index in [0.717, 1.165) is 0 Å². The second-order valence-electron chi connectivity index (χ2n) is 5.47. The molecule has 0 aliphatic carbocycles. The quantitative estimate of drug-likeness (QED) is 0.752. The van der Waals surface area contributed by atoms with E-state index in [-0.39, 0.29) is 18.2 Å². The van der Waals surface area contributed by atoms with Crippen molar-refractivity contribution in [3.8, 4) is 5.75 Å². The van der Waals surface area contributed by atoms with E-state index < -0.39 is 11.5 Å². The van der Waals surface area contributed by atoms with Gasteiger partial charge in [-0.3, -0.25) is 9.69 Å². The van der Waals surface area contributed by atoms with Gasteiger partial charge in [-0.1, -0.05) is 6.07 Å². The summed E-state index contributed by atoms with van der Waals surface area (Å²) >= 11 is 0. The molecule has 0 aliphatic heterocycles. The summed E-state index contributed by atoms with van der Waals surface area (Å²) in [4.78, 5) is 24.5. The van der Waals surface area contributed by atoms with Crippen molar-refractivity contribution >= 4 is 17.7 Å². The van der Waals surface area contributed by atoms with Gasteiger partial charge in [-0.2, -0.15) is 0 Å². The minimum Gasteiger partial charge on any atom is -0.508 e. The molecule has 3 N–H and O–H groups in total. The van der Waals surface area contributed by atoms with Crippen LogP contribution in [0, 0.1) is 0 Å².